The Kier molecular flexibility index (Phi) is 9.35. The molecule has 1 aliphatic heterocycles. The minimum absolute atomic E-state index is 0.273. The van der Waals surface area contributed by atoms with Crippen LogP contribution in [-0.2, 0) is 42.9 Å². The van der Waals surface area contributed by atoms with Crippen molar-refractivity contribution in [1.29, 1.82) is 0 Å². The molecule has 4 rings (SSSR count). The molecule has 0 bridgehead atoms. The van der Waals surface area contributed by atoms with Gasteiger partial charge >= 0.3 is 23.9 Å². The second-order valence-corrected chi connectivity index (χ2v) is 9.09. The molecule has 5 atom stereocenters. The molecule has 0 N–H and O–H groups in total. The summed E-state index contributed by atoms with van der Waals surface area (Å²) in [5.74, 6) is -1.42. The van der Waals surface area contributed by atoms with E-state index in [4.69, 9.17) is 33.2 Å². The number of aromatic nitrogens is 1. The first-order chi connectivity index (χ1) is 19.6. The number of carbonyl (C=O) groups excluding carboxylic acids is 4. The monoisotopic (exact) mass is 567 g/mol. The van der Waals surface area contributed by atoms with Crippen LogP contribution in [0.15, 0.2) is 60.8 Å². The molecule has 2 aromatic carbocycles. The van der Waals surface area contributed by atoms with E-state index in [1.54, 1.807) is 24.3 Å². The summed E-state index contributed by atoms with van der Waals surface area (Å²) in [4.78, 5) is 52.1. The average Bonchev–Trinajstić information content (AvgIpc) is 2.91. The summed E-state index contributed by atoms with van der Waals surface area (Å²) in [7, 11) is 0. The molecule has 41 heavy (non-hydrogen) atoms. The molecule has 1 aromatic heterocycles. The highest BCUT2D eigenvalue weighted by Gasteiger charge is 2.53. The molecular weight excluding hydrogens is 538 g/mol. The number of rotatable bonds is 9. The number of ether oxygens (including phenoxy) is 7. The highest BCUT2D eigenvalue weighted by Crippen LogP contribution is 2.35. The molecule has 0 saturated carbocycles. The lowest BCUT2D eigenvalue weighted by atomic mass is 9.98. The van der Waals surface area contributed by atoms with Gasteiger partial charge in [-0.25, -0.2) is 0 Å². The van der Waals surface area contributed by atoms with E-state index < -0.39 is 54.6 Å². The lowest BCUT2D eigenvalue weighted by Gasteiger charge is -2.44. The second kappa shape index (κ2) is 13.1. The number of para-hydroxylation sites is 1. The topological polar surface area (TPSA) is 146 Å². The molecule has 216 valence electrons. The van der Waals surface area contributed by atoms with Crippen LogP contribution >= 0.6 is 0 Å². The first-order valence-electron chi connectivity index (χ1n) is 12.7. The van der Waals surface area contributed by atoms with Crippen molar-refractivity contribution in [2.75, 3.05) is 6.61 Å². The van der Waals surface area contributed by atoms with Crippen molar-refractivity contribution in [3.8, 4) is 17.2 Å². The van der Waals surface area contributed by atoms with Gasteiger partial charge in [0.2, 0.25) is 12.4 Å². The third-order valence-corrected chi connectivity index (χ3v) is 5.84. The third-order valence-electron chi connectivity index (χ3n) is 5.84. The van der Waals surface area contributed by atoms with E-state index in [2.05, 4.69) is 4.98 Å². The molecular formula is C29H29NO11. The van der Waals surface area contributed by atoms with Crippen molar-refractivity contribution < 1.29 is 52.3 Å². The Labute approximate surface area is 235 Å². The minimum atomic E-state index is -1.39. The van der Waals surface area contributed by atoms with Crippen LogP contribution in [0.4, 0.5) is 0 Å². The van der Waals surface area contributed by atoms with E-state index in [1.165, 1.54) is 13.1 Å². The van der Waals surface area contributed by atoms with E-state index in [9.17, 15) is 19.2 Å². The molecule has 12 nitrogen and oxygen atoms in total. The third kappa shape index (κ3) is 7.70. The first kappa shape index (κ1) is 29.3. The van der Waals surface area contributed by atoms with E-state index in [0.29, 0.717) is 22.4 Å². The SMILES string of the molecule is CC(=O)OC[C@H]1O[C@@H](Oc2ccnc3ccc(Oc4ccccc4)cc23)[C@H](OC(C)=O)[C@@H](OC(C)=O)[C@@H]1OC(C)=O. The summed E-state index contributed by atoms with van der Waals surface area (Å²) in [6.45, 7) is 4.27. The van der Waals surface area contributed by atoms with Crippen LogP contribution in [0.1, 0.15) is 27.7 Å². The van der Waals surface area contributed by atoms with E-state index in [1.807, 2.05) is 30.3 Å². The zero-order valence-electron chi connectivity index (χ0n) is 22.8. The number of esters is 4. The Morgan fingerprint density at radius 3 is 2.07 bits per heavy atom. The van der Waals surface area contributed by atoms with Gasteiger partial charge in [0.05, 0.1) is 5.52 Å². The number of fused-ring (bicyclic) bond motifs is 1. The van der Waals surface area contributed by atoms with Gasteiger partial charge in [-0.05, 0) is 36.4 Å². The van der Waals surface area contributed by atoms with Crippen molar-refractivity contribution in [1.82, 2.24) is 4.98 Å². The molecule has 2 heterocycles. The van der Waals surface area contributed by atoms with Crippen LogP contribution in [0.25, 0.3) is 10.9 Å². The smallest absolute Gasteiger partial charge is 0.303 e. The van der Waals surface area contributed by atoms with Crippen molar-refractivity contribution in [3.05, 3.63) is 60.8 Å². The maximum atomic E-state index is 12.1. The molecule has 0 radical (unpaired) electrons. The quantitative estimate of drug-likeness (QED) is 0.275. The molecule has 0 amide bonds. The molecule has 1 saturated heterocycles. The van der Waals surface area contributed by atoms with Crippen LogP contribution in [0.3, 0.4) is 0 Å². The number of hydrogen-bond donors (Lipinski definition) is 0. The second-order valence-electron chi connectivity index (χ2n) is 9.09. The number of benzene rings is 2. The molecule has 0 unspecified atom stereocenters. The van der Waals surface area contributed by atoms with E-state index in [-0.39, 0.29) is 12.4 Å². The largest absolute Gasteiger partial charge is 0.463 e. The van der Waals surface area contributed by atoms with Crippen molar-refractivity contribution in [2.45, 2.75) is 58.4 Å². The van der Waals surface area contributed by atoms with Crippen molar-refractivity contribution in [3.63, 3.8) is 0 Å². The molecule has 12 heteroatoms. The number of carbonyl (C=O) groups is 4. The van der Waals surface area contributed by atoms with Gasteiger partial charge in [-0.3, -0.25) is 24.2 Å². The van der Waals surface area contributed by atoms with Crippen molar-refractivity contribution >= 4 is 34.8 Å². The van der Waals surface area contributed by atoms with Crippen LogP contribution in [0.2, 0.25) is 0 Å². The lowest BCUT2D eigenvalue weighted by molar-refractivity contribution is -0.288. The fourth-order valence-corrected chi connectivity index (χ4v) is 4.30. The molecule has 0 aliphatic carbocycles. The predicted octanol–water partition coefficient (Wildman–Crippen LogP) is 3.49. The standard InChI is InChI=1S/C29H29NO11/c1-16(31)35-15-25-26(36-17(2)32)27(37-18(3)33)28(38-19(4)34)29(41-25)40-24-12-13-30-23-11-10-21(14-22(23)24)39-20-8-6-5-7-9-20/h5-14,25-29H,15H2,1-4H3/t25-,26-,27+,28-,29-/m1/s1. The summed E-state index contributed by atoms with van der Waals surface area (Å²) < 4.78 is 39.7. The summed E-state index contributed by atoms with van der Waals surface area (Å²) in [6.07, 6.45) is -5.04. The average molecular weight is 568 g/mol. The summed E-state index contributed by atoms with van der Waals surface area (Å²) in [6, 6.07) is 16.0. The molecule has 0 spiro atoms. The zero-order valence-corrected chi connectivity index (χ0v) is 22.8. The Bertz CT molecular complexity index is 1410. The highest BCUT2D eigenvalue weighted by atomic mass is 16.7. The summed E-state index contributed by atoms with van der Waals surface area (Å²) in [5.41, 5.74) is 0.563. The maximum Gasteiger partial charge on any atom is 0.303 e. The van der Waals surface area contributed by atoms with Crippen LogP contribution < -0.4 is 9.47 Å². The van der Waals surface area contributed by atoms with Gasteiger partial charge in [0, 0.05) is 39.3 Å². The summed E-state index contributed by atoms with van der Waals surface area (Å²) in [5, 5.41) is 0.536. The molecule has 1 aliphatic rings. The first-order valence-corrected chi connectivity index (χ1v) is 12.7. The minimum Gasteiger partial charge on any atom is -0.463 e. The Morgan fingerprint density at radius 1 is 0.756 bits per heavy atom. The lowest BCUT2D eigenvalue weighted by Crippen LogP contribution is -2.63. The fraction of sp³-hybridized carbons (Fsp3) is 0.345. The predicted molar refractivity (Wildman–Crippen MR) is 141 cm³/mol. The Balaban J connectivity index is 1.72. The number of hydrogen-bond acceptors (Lipinski definition) is 12. The summed E-state index contributed by atoms with van der Waals surface area (Å²) >= 11 is 0. The Morgan fingerprint density at radius 2 is 1.41 bits per heavy atom. The number of pyridine rings is 1. The van der Waals surface area contributed by atoms with Gasteiger partial charge in [-0.2, -0.15) is 0 Å². The van der Waals surface area contributed by atoms with E-state index in [0.717, 1.165) is 20.8 Å². The van der Waals surface area contributed by atoms with Crippen molar-refractivity contribution in [2.24, 2.45) is 0 Å². The highest BCUT2D eigenvalue weighted by molar-refractivity contribution is 5.86. The Hall–Kier alpha value is -4.71. The number of nitrogens with zero attached hydrogens (tertiary/aromatic N) is 1. The normalized spacial score (nSPS) is 21.8. The zero-order chi connectivity index (χ0) is 29.5. The van der Waals surface area contributed by atoms with Crippen LogP contribution in [0.5, 0.6) is 17.2 Å². The van der Waals surface area contributed by atoms with Crippen LogP contribution in [-0.4, -0.2) is 66.2 Å². The van der Waals surface area contributed by atoms with Gasteiger partial charge in [0.1, 0.15) is 30.0 Å². The van der Waals surface area contributed by atoms with E-state index >= 15 is 0 Å². The van der Waals surface area contributed by atoms with Gasteiger partial charge in [-0.15, -0.1) is 0 Å². The molecule has 3 aromatic rings. The van der Waals surface area contributed by atoms with Gasteiger partial charge in [0.15, 0.2) is 12.2 Å². The van der Waals surface area contributed by atoms with Gasteiger partial charge < -0.3 is 33.2 Å². The molecule has 1 fully saturated rings. The fourth-order valence-electron chi connectivity index (χ4n) is 4.30. The van der Waals surface area contributed by atoms with Gasteiger partial charge in [-0.1, -0.05) is 18.2 Å². The maximum absolute atomic E-state index is 12.1. The van der Waals surface area contributed by atoms with Gasteiger partial charge in [0.25, 0.3) is 0 Å². The van der Waals surface area contributed by atoms with Crippen LogP contribution in [0, 0.1) is 0 Å².